The quantitative estimate of drug-likeness (QED) is 0.664. The van der Waals surface area contributed by atoms with Crippen molar-refractivity contribution in [3.05, 3.63) is 29.8 Å². The molecule has 2 bridgehead atoms. The van der Waals surface area contributed by atoms with Crippen LogP contribution in [0.1, 0.15) is 0 Å². The van der Waals surface area contributed by atoms with Crippen molar-refractivity contribution in [2.75, 3.05) is 5.43 Å². The summed E-state index contributed by atoms with van der Waals surface area (Å²) in [5.74, 6) is -1.06. The van der Waals surface area contributed by atoms with Crippen molar-refractivity contribution in [2.45, 2.75) is 12.2 Å². The smallest absolute Gasteiger partial charge is 0.150 e. The van der Waals surface area contributed by atoms with Gasteiger partial charge < -0.3 is 11.5 Å². The van der Waals surface area contributed by atoms with E-state index in [2.05, 4.69) is 10.5 Å². The maximum atomic E-state index is 13.4. The maximum absolute atomic E-state index is 13.4. The van der Waals surface area contributed by atoms with Gasteiger partial charge in [0.2, 0.25) is 0 Å². The van der Waals surface area contributed by atoms with Gasteiger partial charge in [-0.25, -0.2) is 8.78 Å². The summed E-state index contributed by atoms with van der Waals surface area (Å²) in [4.78, 5) is 0. The lowest BCUT2D eigenvalue weighted by molar-refractivity contribution is -0.143. The molecule has 4 rings (SSSR count). The molecule has 3 aliphatic rings. The van der Waals surface area contributed by atoms with Crippen molar-refractivity contribution < 1.29 is 8.78 Å². The first-order valence-electron chi connectivity index (χ1n) is 4.98. The van der Waals surface area contributed by atoms with Gasteiger partial charge in [0, 0.05) is 0 Å². The van der Waals surface area contributed by atoms with Crippen LogP contribution in [0, 0.1) is 11.6 Å². The third kappa shape index (κ3) is 1.28. The molecule has 1 aromatic carbocycles. The highest BCUT2D eigenvalue weighted by molar-refractivity contribution is 5.89. The molecule has 1 fully saturated rings. The summed E-state index contributed by atoms with van der Waals surface area (Å²) in [5, 5.41) is 6.63. The summed E-state index contributed by atoms with van der Waals surface area (Å²) < 4.78 is 26.8. The first kappa shape index (κ1) is 10.2. The lowest BCUT2D eigenvalue weighted by atomic mass is 10.2. The molecule has 8 heteroatoms. The van der Waals surface area contributed by atoms with Crippen LogP contribution < -0.4 is 16.9 Å². The van der Waals surface area contributed by atoms with Crippen LogP contribution in [0.5, 0.6) is 0 Å². The Kier molecular flexibility index (Phi) is 1.98. The lowest BCUT2D eigenvalue weighted by Gasteiger charge is -2.46. The van der Waals surface area contributed by atoms with Gasteiger partial charge in [0.25, 0.3) is 0 Å². The minimum absolute atomic E-state index is 0.251. The monoisotopic (exact) mass is 240 g/mol. The number of hydrogen-bond donors (Lipinski definition) is 3. The largest absolute Gasteiger partial charge is 0.384 e. The zero-order valence-corrected chi connectivity index (χ0v) is 8.64. The predicted molar refractivity (Wildman–Crippen MR) is 57.0 cm³/mol. The molecule has 0 amide bonds. The lowest BCUT2D eigenvalue weighted by Crippen LogP contribution is -2.72. The van der Waals surface area contributed by atoms with Crippen LogP contribution in [0.15, 0.2) is 23.3 Å². The molecule has 3 heterocycles. The zero-order chi connectivity index (χ0) is 12.2. The van der Waals surface area contributed by atoms with Gasteiger partial charge in [0.15, 0.2) is 11.6 Å². The van der Waals surface area contributed by atoms with Gasteiger partial charge in [0.05, 0.1) is 0 Å². The van der Waals surface area contributed by atoms with Crippen LogP contribution in [0.25, 0.3) is 0 Å². The number of nitrogens with one attached hydrogen (secondary N) is 1. The van der Waals surface area contributed by atoms with Crippen LogP contribution in [-0.2, 0) is 0 Å². The number of hydrazine groups is 2. The minimum atomic E-state index is -0.690. The van der Waals surface area contributed by atoms with Crippen molar-refractivity contribution in [1.29, 1.82) is 0 Å². The molecule has 3 aliphatic heterocycles. The van der Waals surface area contributed by atoms with E-state index >= 15 is 0 Å². The van der Waals surface area contributed by atoms with Crippen molar-refractivity contribution in [3.63, 3.8) is 0 Å². The molecule has 1 saturated heterocycles. The fourth-order valence-corrected chi connectivity index (χ4v) is 1.90. The molecule has 0 aliphatic carbocycles. The van der Waals surface area contributed by atoms with Crippen LogP contribution in [-0.4, -0.2) is 28.3 Å². The number of hydrogen-bond acceptors (Lipinski definition) is 6. The number of amidine groups is 1. The standard InChI is InChI=1S/C9H10F2N6/c10-4-2-1-3-5(11)6(4)14-16-7-8(12)15-17(16)9(7)13/h1-3,7,9,14H,13H2,(H2,12,15). The zero-order valence-electron chi connectivity index (χ0n) is 8.64. The molecule has 0 radical (unpaired) electrons. The summed E-state index contributed by atoms with van der Waals surface area (Å²) in [6.45, 7) is 0. The van der Waals surface area contributed by atoms with Gasteiger partial charge in [0.1, 0.15) is 23.7 Å². The Hall–Kier alpha value is -1.93. The highest BCUT2D eigenvalue weighted by Crippen LogP contribution is 2.31. The van der Waals surface area contributed by atoms with Gasteiger partial charge >= 0.3 is 0 Å². The van der Waals surface area contributed by atoms with E-state index in [0.29, 0.717) is 5.84 Å². The predicted octanol–water partition coefficient (Wildman–Crippen LogP) is -0.237. The summed E-state index contributed by atoms with van der Waals surface area (Å²) in [6, 6.07) is 3.24. The average molecular weight is 240 g/mol. The van der Waals surface area contributed by atoms with E-state index in [4.69, 9.17) is 11.5 Å². The van der Waals surface area contributed by atoms with Gasteiger partial charge in [-0.1, -0.05) is 6.07 Å². The Morgan fingerprint density at radius 3 is 2.41 bits per heavy atom. The molecule has 0 aromatic heterocycles. The third-order valence-corrected chi connectivity index (χ3v) is 2.78. The van der Waals surface area contributed by atoms with Gasteiger partial charge in [-0.05, 0) is 12.1 Å². The first-order chi connectivity index (χ1) is 8.09. The van der Waals surface area contributed by atoms with Gasteiger partial charge in [-0.15, -0.1) is 10.2 Å². The second-order valence-electron chi connectivity index (χ2n) is 3.83. The number of benzene rings is 1. The van der Waals surface area contributed by atoms with Crippen molar-refractivity contribution in [1.82, 2.24) is 10.2 Å². The minimum Gasteiger partial charge on any atom is -0.384 e. The SMILES string of the molecule is NC1=NN2C(N)C1N2Nc1c(F)cccc1F. The molecule has 1 aromatic rings. The second-order valence-corrected chi connectivity index (χ2v) is 3.83. The van der Waals surface area contributed by atoms with Gasteiger partial charge in [-0.2, -0.15) is 5.12 Å². The number of nitrogens with zero attached hydrogens (tertiary/aromatic N) is 3. The van der Waals surface area contributed by atoms with E-state index in [1.54, 1.807) is 0 Å². The van der Waals surface area contributed by atoms with E-state index in [0.717, 1.165) is 12.1 Å². The number of halogens is 2. The molecular formula is C9H10F2N6. The summed E-state index contributed by atoms with van der Waals surface area (Å²) in [7, 11) is 0. The van der Waals surface area contributed by atoms with Crippen molar-refractivity contribution >= 4 is 11.5 Å². The van der Waals surface area contributed by atoms with Gasteiger partial charge in [-0.3, -0.25) is 5.43 Å². The molecular weight excluding hydrogens is 230 g/mol. The molecule has 2 unspecified atom stereocenters. The fraction of sp³-hybridized carbons (Fsp3) is 0.222. The fourth-order valence-electron chi connectivity index (χ4n) is 1.90. The van der Waals surface area contributed by atoms with Crippen molar-refractivity contribution in [2.24, 2.45) is 16.6 Å². The average Bonchev–Trinajstić information content (AvgIpc) is 2.76. The van der Waals surface area contributed by atoms with E-state index in [1.807, 2.05) is 0 Å². The summed E-state index contributed by atoms with van der Waals surface area (Å²) >= 11 is 0. The number of rotatable bonds is 2. The van der Waals surface area contributed by atoms with E-state index < -0.39 is 11.6 Å². The molecule has 6 nitrogen and oxygen atoms in total. The molecule has 17 heavy (non-hydrogen) atoms. The molecule has 0 saturated carbocycles. The normalized spacial score (nSPS) is 26.8. The maximum Gasteiger partial charge on any atom is 0.150 e. The summed E-state index contributed by atoms with van der Waals surface area (Å²) in [6.07, 6.45) is -0.377. The van der Waals surface area contributed by atoms with E-state index in [1.165, 1.54) is 16.3 Å². The third-order valence-electron chi connectivity index (χ3n) is 2.78. The van der Waals surface area contributed by atoms with Crippen molar-refractivity contribution in [3.8, 4) is 0 Å². The second kappa shape index (κ2) is 3.28. The Morgan fingerprint density at radius 1 is 1.29 bits per heavy atom. The summed E-state index contributed by atoms with van der Waals surface area (Å²) in [5.41, 5.74) is 13.6. The van der Waals surface area contributed by atoms with E-state index in [-0.39, 0.29) is 17.9 Å². The Labute approximate surface area is 95.4 Å². The Bertz CT molecular complexity index is 484. The number of para-hydroxylation sites is 1. The first-order valence-corrected chi connectivity index (χ1v) is 4.98. The van der Waals surface area contributed by atoms with E-state index in [9.17, 15) is 8.78 Å². The molecule has 0 spiro atoms. The van der Waals surface area contributed by atoms with Crippen LogP contribution in [0.4, 0.5) is 14.5 Å². The molecule has 2 atom stereocenters. The topological polar surface area (TPSA) is 82.9 Å². The Morgan fingerprint density at radius 2 is 1.94 bits per heavy atom. The van der Waals surface area contributed by atoms with Crippen LogP contribution in [0.3, 0.4) is 0 Å². The number of hydrazone groups is 1. The molecule has 90 valence electrons. The molecule has 5 N–H and O–H groups in total. The van der Waals surface area contributed by atoms with Crippen LogP contribution in [0.2, 0.25) is 0 Å². The Balaban J connectivity index is 1.83. The van der Waals surface area contributed by atoms with Crippen LogP contribution >= 0.6 is 0 Å². The number of anilines is 1. The highest BCUT2D eigenvalue weighted by atomic mass is 19.1. The number of nitrogens with two attached hydrogens (primary N) is 2. The highest BCUT2D eigenvalue weighted by Gasteiger charge is 2.53.